The summed E-state index contributed by atoms with van der Waals surface area (Å²) in [4.78, 5) is 49.3. The maximum atomic E-state index is 14.1. The molecule has 1 saturated heterocycles. The van der Waals surface area contributed by atoms with Gasteiger partial charge in [0.1, 0.15) is 5.82 Å². The van der Waals surface area contributed by atoms with Gasteiger partial charge in [-0.05, 0) is 84.5 Å². The van der Waals surface area contributed by atoms with Crippen molar-refractivity contribution in [2.75, 3.05) is 43.7 Å². The minimum Gasteiger partial charge on any atom is -0.384 e. The highest BCUT2D eigenvalue weighted by Crippen LogP contribution is 2.57. The molecule has 3 atom stereocenters. The number of pyridine rings is 1. The van der Waals surface area contributed by atoms with Gasteiger partial charge in [-0.25, -0.2) is 14.5 Å². The van der Waals surface area contributed by atoms with Gasteiger partial charge in [0.25, 0.3) is 5.56 Å². The number of hydrogen-bond acceptors (Lipinski definition) is 7. The first-order chi connectivity index (χ1) is 22.9. The second-order valence-corrected chi connectivity index (χ2v) is 13.8. The van der Waals surface area contributed by atoms with E-state index < -0.39 is 0 Å². The normalized spacial score (nSPS) is 22.1. The third-order valence-electron chi connectivity index (χ3n) is 11.2. The number of hydrogen-bond donors (Lipinski definition) is 0. The Bertz CT molecular complexity index is 2200. The Hall–Kier alpha value is -4.77. The van der Waals surface area contributed by atoms with Crippen LogP contribution < -0.4 is 21.0 Å². The quantitative estimate of drug-likeness (QED) is 0.246. The number of aryl methyl sites for hydroxylation is 3. The zero-order chi connectivity index (χ0) is 32.0. The third kappa shape index (κ3) is 4.39. The van der Waals surface area contributed by atoms with Gasteiger partial charge in [0, 0.05) is 64.4 Å². The highest BCUT2D eigenvalue weighted by atomic mass is 16.5. The summed E-state index contributed by atoms with van der Waals surface area (Å²) in [6.07, 6.45) is 4.51. The first kappa shape index (κ1) is 28.5. The molecule has 5 heterocycles. The third-order valence-corrected chi connectivity index (χ3v) is 11.2. The SMILES string of the molecule is COCC1[C@H]2CN(c3ccc4c(=O)n(CCc5ccc6c(c5)N(C)C(=O)C65CC5)c(CCn5nc6ccccn6c5=O)nc4c3)C[C@@H]12. The second-order valence-electron chi connectivity index (χ2n) is 13.8. The van der Waals surface area contributed by atoms with Crippen molar-refractivity contribution in [3.05, 3.63) is 98.6 Å². The molecule has 1 spiro atoms. The first-order valence-electron chi connectivity index (χ1n) is 16.6. The summed E-state index contributed by atoms with van der Waals surface area (Å²) in [5.41, 5.74) is 4.86. The molecule has 1 unspecified atom stereocenters. The fourth-order valence-corrected chi connectivity index (χ4v) is 8.30. The van der Waals surface area contributed by atoms with Crippen molar-refractivity contribution in [2.24, 2.45) is 17.8 Å². The minimum atomic E-state index is -0.314. The van der Waals surface area contributed by atoms with Crippen LogP contribution in [0.5, 0.6) is 0 Å². The summed E-state index contributed by atoms with van der Waals surface area (Å²) in [5.74, 6) is 2.79. The molecular formula is C36H37N7O4. The second kappa shape index (κ2) is 10.4. The van der Waals surface area contributed by atoms with Crippen molar-refractivity contribution in [1.82, 2.24) is 23.7 Å². The first-order valence-corrected chi connectivity index (χ1v) is 16.6. The number of anilines is 2. The van der Waals surface area contributed by atoms with E-state index in [9.17, 15) is 14.4 Å². The fraction of sp³-hybridized carbons (Fsp3) is 0.417. The van der Waals surface area contributed by atoms with Gasteiger partial charge in [-0.3, -0.25) is 18.6 Å². The van der Waals surface area contributed by atoms with E-state index in [0.29, 0.717) is 66.1 Å². The van der Waals surface area contributed by atoms with Crippen molar-refractivity contribution in [3.8, 4) is 0 Å². The molecule has 11 nitrogen and oxygen atoms in total. The van der Waals surface area contributed by atoms with Crippen LogP contribution in [-0.4, -0.2) is 63.5 Å². The van der Waals surface area contributed by atoms with Crippen LogP contribution in [0, 0.1) is 17.8 Å². The zero-order valence-electron chi connectivity index (χ0n) is 26.6. The standard InChI is InChI=1S/C36H37N7O4/c1-39-30-17-22(6-9-28(30)36(12-13-36)34(39)45)10-15-41-31(11-16-43-35(46)42-14-4-3-5-32(42)38-43)37-29-18-23(7-8-24(29)33(41)44)40-19-25-26(20-40)27(25)21-47-2/h3-9,14,17-18,25-27H,10-13,15-16,19-21H2,1-2H3/t25-,26+,27?. The van der Waals surface area contributed by atoms with Crippen molar-refractivity contribution >= 4 is 33.8 Å². The van der Waals surface area contributed by atoms with Crippen molar-refractivity contribution in [1.29, 1.82) is 0 Å². The molecule has 0 radical (unpaired) electrons. The van der Waals surface area contributed by atoms with E-state index in [1.165, 1.54) is 9.08 Å². The lowest BCUT2D eigenvalue weighted by Crippen LogP contribution is -2.29. The molecule has 2 saturated carbocycles. The highest BCUT2D eigenvalue weighted by Gasteiger charge is 2.58. The molecule has 240 valence electrons. The number of methoxy groups -OCH3 is 1. The van der Waals surface area contributed by atoms with Crippen LogP contribution in [0.4, 0.5) is 11.4 Å². The molecule has 2 aliphatic heterocycles. The lowest BCUT2D eigenvalue weighted by atomic mass is 9.96. The van der Waals surface area contributed by atoms with E-state index in [4.69, 9.17) is 9.72 Å². The van der Waals surface area contributed by atoms with E-state index in [-0.39, 0.29) is 22.6 Å². The molecule has 0 bridgehead atoms. The van der Waals surface area contributed by atoms with E-state index in [1.807, 2.05) is 31.3 Å². The predicted octanol–water partition coefficient (Wildman–Crippen LogP) is 3.03. The van der Waals surface area contributed by atoms with Crippen molar-refractivity contribution < 1.29 is 9.53 Å². The van der Waals surface area contributed by atoms with Crippen LogP contribution in [0.25, 0.3) is 16.6 Å². The Morgan fingerprint density at radius 3 is 2.55 bits per heavy atom. The number of piperidine rings is 1. The van der Waals surface area contributed by atoms with Crippen LogP contribution in [0.15, 0.2) is 70.4 Å². The van der Waals surface area contributed by atoms with Crippen LogP contribution in [0.2, 0.25) is 0 Å². The van der Waals surface area contributed by atoms with Crippen molar-refractivity contribution in [3.63, 3.8) is 0 Å². The number of likely N-dealkylation sites (N-methyl/N-ethyl adjacent to an activating group) is 1. The summed E-state index contributed by atoms with van der Waals surface area (Å²) in [5, 5.41) is 5.08. The van der Waals surface area contributed by atoms with Gasteiger partial charge >= 0.3 is 5.69 Å². The van der Waals surface area contributed by atoms with E-state index in [2.05, 4.69) is 28.2 Å². The number of rotatable bonds is 9. The maximum Gasteiger partial charge on any atom is 0.350 e. The van der Waals surface area contributed by atoms with Gasteiger partial charge in [-0.2, -0.15) is 0 Å². The molecule has 0 N–H and O–H groups in total. The summed E-state index contributed by atoms with van der Waals surface area (Å²) in [7, 11) is 3.62. The van der Waals surface area contributed by atoms with Gasteiger partial charge in [0.15, 0.2) is 5.65 Å². The van der Waals surface area contributed by atoms with Crippen molar-refractivity contribution in [2.45, 2.75) is 44.2 Å². The van der Waals surface area contributed by atoms with E-state index in [1.54, 1.807) is 34.9 Å². The molecule has 11 heteroatoms. The number of ether oxygens (including phenoxy) is 1. The lowest BCUT2D eigenvalue weighted by Gasteiger charge is -2.22. The zero-order valence-corrected chi connectivity index (χ0v) is 26.6. The van der Waals surface area contributed by atoms with E-state index in [0.717, 1.165) is 55.0 Å². The molecule has 3 aromatic heterocycles. The number of aromatic nitrogens is 5. The van der Waals surface area contributed by atoms with Gasteiger partial charge in [0.05, 0.1) is 22.9 Å². The summed E-state index contributed by atoms with van der Waals surface area (Å²) in [6.45, 7) is 3.53. The van der Waals surface area contributed by atoms with Gasteiger partial charge in [-0.15, -0.1) is 5.10 Å². The van der Waals surface area contributed by atoms with Gasteiger partial charge in [0.2, 0.25) is 5.91 Å². The Morgan fingerprint density at radius 2 is 1.79 bits per heavy atom. The average Bonchev–Trinajstić information content (AvgIpc) is 3.91. The maximum absolute atomic E-state index is 14.1. The molecule has 5 aromatic rings. The molecule has 47 heavy (non-hydrogen) atoms. The van der Waals surface area contributed by atoms with Gasteiger partial charge in [-0.1, -0.05) is 18.2 Å². The lowest BCUT2D eigenvalue weighted by molar-refractivity contribution is -0.119. The summed E-state index contributed by atoms with van der Waals surface area (Å²) >= 11 is 0. The summed E-state index contributed by atoms with van der Waals surface area (Å²) in [6, 6.07) is 17.7. The Kier molecular flexibility index (Phi) is 6.28. The van der Waals surface area contributed by atoms with Crippen LogP contribution in [0.3, 0.4) is 0 Å². The number of benzene rings is 2. The van der Waals surface area contributed by atoms with Crippen LogP contribution >= 0.6 is 0 Å². The molecule has 1 amide bonds. The number of nitrogens with zero attached hydrogens (tertiary/aromatic N) is 7. The molecule has 9 rings (SSSR count). The van der Waals surface area contributed by atoms with Crippen LogP contribution in [-0.2, 0) is 40.9 Å². The Morgan fingerprint density at radius 1 is 0.957 bits per heavy atom. The summed E-state index contributed by atoms with van der Waals surface area (Å²) < 4.78 is 10.1. The monoisotopic (exact) mass is 631 g/mol. The highest BCUT2D eigenvalue weighted by molar-refractivity contribution is 6.09. The van der Waals surface area contributed by atoms with E-state index >= 15 is 0 Å². The topological polar surface area (TPSA) is 107 Å². The molecule has 2 aliphatic carbocycles. The largest absolute Gasteiger partial charge is 0.384 e. The fourth-order valence-electron chi connectivity index (χ4n) is 8.30. The Labute approximate surface area is 271 Å². The molecule has 3 fully saturated rings. The van der Waals surface area contributed by atoms with Gasteiger partial charge < -0.3 is 14.5 Å². The molecule has 2 aromatic carbocycles. The van der Waals surface area contributed by atoms with Crippen LogP contribution in [0.1, 0.15) is 29.8 Å². The Balaban J connectivity index is 1.04. The number of carbonyl (C=O) groups is 1. The average molecular weight is 632 g/mol. The smallest absolute Gasteiger partial charge is 0.350 e. The predicted molar refractivity (Wildman–Crippen MR) is 178 cm³/mol. The number of carbonyl (C=O) groups excluding carboxylic acids is 1. The molecular weight excluding hydrogens is 594 g/mol. The number of fused-ring (bicyclic) bond motifs is 5. The molecule has 4 aliphatic rings. The number of amides is 1. The minimum absolute atomic E-state index is 0.0892.